The Morgan fingerprint density at radius 2 is 1.94 bits per heavy atom. The van der Waals surface area contributed by atoms with Crippen molar-refractivity contribution in [2.75, 3.05) is 7.05 Å². The second-order valence-corrected chi connectivity index (χ2v) is 5.57. The molecule has 0 spiro atoms. The van der Waals surface area contributed by atoms with Crippen LogP contribution in [0.1, 0.15) is 20.3 Å². The topological polar surface area (TPSA) is 29.1 Å². The molecule has 0 heterocycles. The maximum Gasteiger partial charge on any atom is 0.123 e. The molecule has 0 aromatic heterocycles. The normalized spacial score (nSPS) is 16.8. The SMILES string of the molecule is CCC(NC)C(C)S(=O)c1ccc(F)cc1. The predicted octanol–water partition coefficient (Wildman–Crippen LogP) is 2.32. The van der Waals surface area contributed by atoms with Gasteiger partial charge >= 0.3 is 0 Å². The van der Waals surface area contributed by atoms with Gasteiger partial charge in [-0.2, -0.15) is 0 Å². The summed E-state index contributed by atoms with van der Waals surface area (Å²) < 4.78 is 24.9. The van der Waals surface area contributed by atoms with Crippen LogP contribution in [-0.2, 0) is 10.8 Å². The fourth-order valence-electron chi connectivity index (χ4n) is 1.70. The van der Waals surface area contributed by atoms with Crippen LogP contribution in [0.3, 0.4) is 0 Å². The lowest BCUT2D eigenvalue weighted by Gasteiger charge is -2.21. The summed E-state index contributed by atoms with van der Waals surface area (Å²) in [5.41, 5.74) is 0. The van der Waals surface area contributed by atoms with Gasteiger partial charge in [0.15, 0.2) is 0 Å². The lowest BCUT2D eigenvalue weighted by Crippen LogP contribution is -2.37. The van der Waals surface area contributed by atoms with Crippen LogP contribution >= 0.6 is 0 Å². The molecule has 0 saturated carbocycles. The van der Waals surface area contributed by atoms with Crippen molar-refractivity contribution < 1.29 is 8.60 Å². The first-order valence-corrected chi connectivity index (χ1v) is 6.64. The molecule has 0 saturated heterocycles. The minimum atomic E-state index is -1.10. The van der Waals surface area contributed by atoms with Gasteiger partial charge in [-0.15, -0.1) is 0 Å². The van der Waals surface area contributed by atoms with E-state index in [2.05, 4.69) is 12.2 Å². The van der Waals surface area contributed by atoms with Crippen LogP contribution in [0.5, 0.6) is 0 Å². The van der Waals surface area contributed by atoms with Crippen molar-refractivity contribution in [3.05, 3.63) is 30.1 Å². The third-order valence-corrected chi connectivity index (χ3v) is 4.50. The van der Waals surface area contributed by atoms with Crippen LogP contribution in [0.25, 0.3) is 0 Å². The van der Waals surface area contributed by atoms with E-state index in [1.807, 2.05) is 14.0 Å². The van der Waals surface area contributed by atoms with Gasteiger partial charge < -0.3 is 5.32 Å². The molecule has 0 radical (unpaired) electrons. The molecule has 3 unspecified atom stereocenters. The summed E-state index contributed by atoms with van der Waals surface area (Å²) in [5.74, 6) is -0.297. The van der Waals surface area contributed by atoms with Crippen molar-refractivity contribution in [3.63, 3.8) is 0 Å². The third-order valence-electron chi connectivity index (χ3n) is 2.76. The van der Waals surface area contributed by atoms with Crippen molar-refractivity contribution in [1.29, 1.82) is 0 Å². The van der Waals surface area contributed by atoms with Gasteiger partial charge in [0.1, 0.15) is 5.82 Å². The highest BCUT2D eigenvalue weighted by atomic mass is 32.2. The molecule has 90 valence electrons. The zero-order valence-electron chi connectivity index (χ0n) is 9.87. The lowest BCUT2D eigenvalue weighted by molar-refractivity contribution is 0.529. The molecular formula is C12H18FNOS. The molecule has 3 atom stereocenters. The van der Waals surface area contributed by atoms with E-state index in [9.17, 15) is 8.60 Å². The largest absolute Gasteiger partial charge is 0.316 e. The van der Waals surface area contributed by atoms with E-state index in [-0.39, 0.29) is 17.1 Å². The Hall–Kier alpha value is -0.740. The number of halogens is 1. The molecule has 16 heavy (non-hydrogen) atoms. The van der Waals surface area contributed by atoms with E-state index in [1.54, 1.807) is 12.1 Å². The highest BCUT2D eigenvalue weighted by molar-refractivity contribution is 7.85. The summed E-state index contributed by atoms with van der Waals surface area (Å²) in [6, 6.07) is 6.08. The molecule has 0 fully saturated rings. The summed E-state index contributed by atoms with van der Waals surface area (Å²) in [4.78, 5) is 0.683. The average Bonchev–Trinajstić information content (AvgIpc) is 2.30. The van der Waals surface area contributed by atoms with Gasteiger partial charge in [0, 0.05) is 10.9 Å². The van der Waals surface area contributed by atoms with Gasteiger partial charge in [0.05, 0.1) is 16.0 Å². The number of nitrogens with one attached hydrogen (secondary N) is 1. The number of benzene rings is 1. The molecule has 1 rings (SSSR count). The number of hydrogen-bond acceptors (Lipinski definition) is 2. The summed E-state index contributed by atoms with van der Waals surface area (Å²) in [6.07, 6.45) is 0.921. The van der Waals surface area contributed by atoms with Gasteiger partial charge in [-0.1, -0.05) is 6.92 Å². The minimum Gasteiger partial charge on any atom is -0.316 e. The molecule has 0 bridgehead atoms. The minimum absolute atomic E-state index is 0.0143. The molecule has 4 heteroatoms. The van der Waals surface area contributed by atoms with Gasteiger partial charge in [-0.25, -0.2) is 4.39 Å². The van der Waals surface area contributed by atoms with Crippen LogP contribution in [-0.4, -0.2) is 22.5 Å². The molecule has 0 aliphatic carbocycles. The molecule has 1 aromatic carbocycles. The van der Waals surface area contributed by atoms with Crippen molar-refractivity contribution in [2.24, 2.45) is 0 Å². The van der Waals surface area contributed by atoms with Gasteiger partial charge in [-0.05, 0) is 44.7 Å². The Morgan fingerprint density at radius 3 is 2.38 bits per heavy atom. The second kappa shape index (κ2) is 6.11. The maximum atomic E-state index is 12.7. The number of rotatable bonds is 5. The van der Waals surface area contributed by atoms with E-state index in [4.69, 9.17) is 0 Å². The molecule has 0 amide bonds. The summed E-state index contributed by atoms with van der Waals surface area (Å²) in [6.45, 7) is 4.00. The van der Waals surface area contributed by atoms with Crippen LogP contribution in [0.4, 0.5) is 4.39 Å². The fraction of sp³-hybridized carbons (Fsp3) is 0.500. The van der Waals surface area contributed by atoms with Crippen LogP contribution in [0, 0.1) is 5.82 Å². The van der Waals surface area contributed by atoms with E-state index in [0.717, 1.165) is 6.42 Å². The molecule has 0 aliphatic rings. The maximum absolute atomic E-state index is 12.7. The molecular weight excluding hydrogens is 225 g/mol. The van der Waals surface area contributed by atoms with E-state index in [1.165, 1.54) is 12.1 Å². The monoisotopic (exact) mass is 243 g/mol. The summed E-state index contributed by atoms with van der Waals surface area (Å²) in [7, 11) is 0.772. The molecule has 2 nitrogen and oxygen atoms in total. The molecule has 1 aromatic rings. The summed E-state index contributed by atoms with van der Waals surface area (Å²) >= 11 is 0. The van der Waals surface area contributed by atoms with E-state index < -0.39 is 10.8 Å². The first-order valence-electron chi connectivity index (χ1n) is 5.43. The Labute approximate surface area is 98.7 Å². The zero-order valence-corrected chi connectivity index (χ0v) is 10.7. The van der Waals surface area contributed by atoms with Crippen LogP contribution < -0.4 is 5.32 Å². The van der Waals surface area contributed by atoms with Crippen LogP contribution in [0.15, 0.2) is 29.2 Å². The van der Waals surface area contributed by atoms with Crippen molar-refractivity contribution in [1.82, 2.24) is 5.32 Å². The van der Waals surface area contributed by atoms with E-state index in [0.29, 0.717) is 4.90 Å². The average molecular weight is 243 g/mol. The van der Waals surface area contributed by atoms with Gasteiger partial charge in [0.2, 0.25) is 0 Å². The Balaban J connectivity index is 2.81. The quantitative estimate of drug-likeness (QED) is 0.860. The third kappa shape index (κ3) is 3.12. The van der Waals surface area contributed by atoms with Crippen molar-refractivity contribution in [3.8, 4) is 0 Å². The molecule has 1 N–H and O–H groups in total. The number of hydrogen-bond donors (Lipinski definition) is 1. The van der Waals surface area contributed by atoms with Crippen molar-refractivity contribution >= 4 is 10.8 Å². The van der Waals surface area contributed by atoms with Gasteiger partial charge in [0.25, 0.3) is 0 Å². The van der Waals surface area contributed by atoms with Crippen LogP contribution in [0.2, 0.25) is 0 Å². The first kappa shape index (κ1) is 13.3. The standard InChI is InChI=1S/C12H18FNOS/c1-4-12(14-3)9(2)16(15)11-7-5-10(13)6-8-11/h5-9,12,14H,4H2,1-3H3. The lowest BCUT2D eigenvalue weighted by atomic mass is 10.2. The summed E-state index contributed by atoms with van der Waals surface area (Å²) in [5, 5.41) is 3.16. The van der Waals surface area contributed by atoms with E-state index >= 15 is 0 Å². The Kier molecular flexibility index (Phi) is 5.09. The fourth-order valence-corrected chi connectivity index (χ4v) is 3.16. The van der Waals surface area contributed by atoms with Gasteiger partial charge in [-0.3, -0.25) is 4.21 Å². The first-order chi connectivity index (χ1) is 7.60. The highest BCUT2D eigenvalue weighted by Crippen LogP contribution is 2.15. The zero-order chi connectivity index (χ0) is 12.1. The smallest absolute Gasteiger partial charge is 0.123 e. The predicted molar refractivity (Wildman–Crippen MR) is 65.4 cm³/mol. The highest BCUT2D eigenvalue weighted by Gasteiger charge is 2.20. The second-order valence-electron chi connectivity index (χ2n) is 3.76. The molecule has 0 aliphatic heterocycles. The Morgan fingerprint density at radius 1 is 1.38 bits per heavy atom. The Bertz CT molecular complexity index is 349. The van der Waals surface area contributed by atoms with Crippen molar-refractivity contribution in [2.45, 2.75) is 36.5 Å².